The molecular formula is C15H21N3S. The second-order valence-corrected chi connectivity index (χ2v) is 5.84. The van der Waals surface area contributed by atoms with Gasteiger partial charge < -0.3 is 14.5 Å². The van der Waals surface area contributed by atoms with Gasteiger partial charge in [-0.25, -0.2) is 0 Å². The fourth-order valence-electron chi connectivity index (χ4n) is 3.04. The molecule has 19 heavy (non-hydrogen) atoms. The fraction of sp³-hybridized carbons (Fsp3) is 0.533. The average Bonchev–Trinajstić information content (AvgIpc) is 2.75. The van der Waals surface area contributed by atoms with E-state index in [1.807, 2.05) is 0 Å². The molecule has 1 N–H and O–H groups in total. The van der Waals surface area contributed by atoms with Crippen LogP contribution in [0.2, 0.25) is 0 Å². The first-order valence-electron chi connectivity index (χ1n) is 7.16. The second-order valence-electron chi connectivity index (χ2n) is 5.46. The first-order chi connectivity index (χ1) is 9.25. The SMILES string of the molecule is Cc1cccc2[nH]c(=S)n(CCN3CCCCC3)c12. The van der Waals surface area contributed by atoms with Gasteiger partial charge in [-0.1, -0.05) is 18.6 Å². The number of H-pyrrole nitrogens is 1. The van der Waals surface area contributed by atoms with Gasteiger partial charge in [-0.15, -0.1) is 0 Å². The van der Waals surface area contributed by atoms with Gasteiger partial charge in [0.2, 0.25) is 0 Å². The number of likely N-dealkylation sites (tertiary alicyclic amines) is 1. The number of rotatable bonds is 3. The number of aryl methyl sites for hydroxylation is 1. The zero-order valence-electron chi connectivity index (χ0n) is 11.5. The Kier molecular flexibility index (Phi) is 3.71. The molecule has 1 aliphatic rings. The van der Waals surface area contributed by atoms with E-state index in [0.29, 0.717) is 0 Å². The smallest absolute Gasteiger partial charge is 0.178 e. The summed E-state index contributed by atoms with van der Waals surface area (Å²) in [6.07, 6.45) is 4.08. The molecule has 0 atom stereocenters. The largest absolute Gasteiger partial charge is 0.331 e. The third kappa shape index (κ3) is 2.60. The summed E-state index contributed by atoms with van der Waals surface area (Å²) in [5, 5.41) is 0. The minimum atomic E-state index is 0.848. The van der Waals surface area contributed by atoms with Crippen molar-refractivity contribution in [1.29, 1.82) is 0 Å². The van der Waals surface area contributed by atoms with Gasteiger partial charge in [-0.3, -0.25) is 0 Å². The van der Waals surface area contributed by atoms with Gasteiger partial charge in [0.25, 0.3) is 0 Å². The van der Waals surface area contributed by atoms with E-state index in [-0.39, 0.29) is 0 Å². The number of nitrogens with one attached hydrogen (secondary N) is 1. The zero-order valence-corrected chi connectivity index (χ0v) is 12.3. The van der Waals surface area contributed by atoms with Crippen LogP contribution in [-0.2, 0) is 6.54 Å². The van der Waals surface area contributed by atoms with Gasteiger partial charge in [-0.05, 0) is 56.7 Å². The van der Waals surface area contributed by atoms with E-state index in [1.54, 1.807) is 0 Å². The lowest BCUT2D eigenvalue weighted by Gasteiger charge is -2.26. The first-order valence-corrected chi connectivity index (χ1v) is 7.57. The van der Waals surface area contributed by atoms with E-state index in [0.717, 1.165) is 23.4 Å². The molecule has 2 aromatic rings. The predicted molar refractivity (Wildman–Crippen MR) is 82.2 cm³/mol. The Morgan fingerprint density at radius 1 is 1.16 bits per heavy atom. The maximum Gasteiger partial charge on any atom is 0.178 e. The number of benzene rings is 1. The molecular weight excluding hydrogens is 254 g/mol. The number of nitrogens with zero attached hydrogens (tertiary/aromatic N) is 2. The van der Waals surface area contributed by atoms with E-state index in [4.69, 9.17) is 12.2 Å². The number of imidazole rings is 1. The molecule has 2 heterocycles. The van der Waals surface area contributed by atoms with Crippen molar-refractivity contribution in [2.24, 2.45) is 0 Å². The summed E-state index contributed by atoms with van der Waals surface area (Å²) >= 11 is 5.47. The Balaban J connectivity index is 1.84. The number of aromatic nitrogens is 2. The van der Waals surface area contributed by atoms with Crippen molar-refractivity contribution in [1.82, 2.24) is 14.5 Å². The van der Waals surface area contributed by atoms with E-state index in [1.165, 1.54) is 43.4 Å². The normalized spacial score (nSPS) is 17.1. The average molecular weight is 275 g/mol. The molecule has 0 saturated carbocycles. The fourth-order valence-corrected chi connectivity index (χ4v) is 3.33. The maximum absolute atomic E-state index is 5.47. The minimum Gasteiger partial charge on any atom is -0.331 e. The summed E-state index contributed by atoms with van der Waals surface area (Å²) in [7, 11) is 0. The summed E-state index contributed by atoms with van der Waals surface area (Å²) in [6.45, 7) is 6.74. The van der Waals surface area contributed by atoms with Gasteiger partial charge in [0.05, 0.1) is 11.0 Å². The van der Waals surface area contributed by atoms with Crippen LogP contribution in [-0.4, -0.2) is 34.1 Å². The monoisotopic (exact) mass is 275 g/mol. The quantitative estimate of drug-likeness (QED) is 0.867. The molecule has 0 aliphatic carbocycles. The molecule has 0 radical (unpaired) electrons. The number of piperidine rings is 1. The summed E-state index contributed by atoms with van der Waals surface area (Å²) in [4.78, 5) is 5.87. The third-order valence-electron chi connectivity index (χ3n) is 4.08. The van der Waals surface area contributed by atoms with Crippen molar-refractivity contribution < 1.29 is 0 Å². The van der Waals surface area contributed by atoms with Crippen molar-refractivity contribution in [3.63, 3.8) is 0 Å². The van der Waals surface area contributed by atoms with Gasteiger partial charge in [0.1, 0.15) is 0 Å². The van der Waals surface area contributed by atoms with Crippen LogP contribution in [0.25, 0.3) is 11.0 Å². The van der Waals surface area contributed by atoms with Crippen LogP contribution in [0.3, 0.4) is 0 Å². The minimum absolute atomic E-state index is 0.848. The third-order valence-corrected chi connectivity index (χ3v) is 4.41. The highest BCUT2D eigenvalue weighted by atomic mass is 32.1. The van der Waals surface area contributed by atoms with E-state index >= 15 is 0 Å². The van der Waals surface area contributed by atoms with E-state index in [2.05, 4.69) is 39.6 Å². The first kappa shape index (κ1) is 12.9. The summed E-state index contributed by atoms with van der Waals surface area (Å²) in [5.41, 5.74) is 3.72. The predicted octanol–water partition coefficient (Wildman–Crippen LogP) is 3.49. The highest BCUT2D eigenvalue weighted by molar-refractivity contribution is 7.71. The van der Waals surface area contributed by atoms with Crippen LogP contribution < -0.4 is 0 Å². The zero-order chi connectivity index (χ0) is 13.2. The Labute approximate surface area is 119 Å². The van der Waals surface area contributed by atoms with Crippen LogP contribution in [0.15, 0.2) is 18.2 Å². The molecule has 1 aromatic heterocycles. The van der Waals surface area contributed by atoms with Crippen LogP contribution >= 0.6 is 12.2 Å². The van der Waals surface area contributed by atoms with Gasteiger partial charge in [0, 0.05) is 13.1 Å². The molecule has 0 bridgehead atoms. The number of hydrogen-bond acceptors (Lipinski definition) is 2. The molecule has 4 heteroatoms. The van der Waals surface area contributed by atoms with Crippen molar-refractivity contribution in [2.45, 2.75) is 32.7 Å². The van der Waals surface area contributed by atoms with Crippen LogP contribution in [0.5, 0.6) is 0 Å². The van der Waals surface area contributed by atoms with Crippen LogP contribution in [0, 0.1) is 11.7 Å². The summed E-state index contributed by atoms with van der Waals surface area (Å²) < 4.78 is 3.11. The molecule has 102 valence electrons. The van der Waals surface area contributed by atoms with Crippen molar-refractivity contribution in [2.75, 3.05) is 19.6 Å². The summed E-state index contributed by atoms with van der Waals surface area (Å²) in [6, 6.07) is 6.34. The standard InChI is InChI=1S/C15H21N3S/c1-12-6-5-7-13-14(12)18(15(19)16-13)11-10-17-8-3-2-4-9-17/h5-7H,2-4,8-11H2,1H3,(H,16,19). The van der Waals surface area contributed by atoms with Crippen LogP contribution in [0.1, 0.15) is 24.8 Å². The molecule has 0 amide bonds. The summed E-state index contributed by atoms with van der Waals surface area (Å²) in [5.74, 6) is 0. The van der Waals surface area contributed by atoms with Crippen LogP contribution in [0.4, 0.5) is 0 Å². The Morgan fingerprint density at radius 2 is 1.95 bits per heavy atom. The maximum atomic E-state index is 5.47. The van der Waals surface area contributed by atoms with Crippen molar-refractivity contribution >= 4 is 23.3 Å². The molecule has 3 rings (SSSR count). The molecule has 3 nitrogen and oxygen atoms in total. The molecule has 0 unspecified atom stereocenters. The number of fused-ring (bicyclic) bond motifs is 1. The van der Waals surface area contributed by atoms with Gasteiger partial charge in [0.15, 0.2) is 4.77 Å². The molecule has 0 spiro atoms. The Morgan fingerprint density at radius 3 is 2.74 bits per heavy atom. The van der Waals surface area contributed by atoms with Crippen molar-refractivity contribution in [3.8, 4) is 0 Å². The second kappa shape index (κ2) is 5.47. The Hall–Kier alpha value is -1.13. The highest BCUT2D eigenvalue weighted by Gasteiger charge is 2.11. The molecule has 1 saturated heterocycles. The molecule has 1 aliphatic heterocycles. The molecule has 1 aromatic carbocycles. The Bertz CT molecular complexity index is 620. The topological polar surface area (TPSA) is 24.0 Å². The van der Waals surface area contributed by atoms with Gasteiger partial charge in [-0.2, -0.15) is 0 Å². The molecule has 1 fully saturated rings. The number of hydrogen-bond donors (Lipinski definition) is 1. The van der Waals surface area contributed by atoms with E-state index in [9.17, 15) is 0 Å². The highest BCUT2D eigenvalue weighted by Crippen LogP contribution is 2.18. The number of para-hydroxylation sites is 1. The van der Waals surface area contributed by atoms with E-state index < -0.39 is 0 Å². The lowest BCUT2D eigenvalue weighted by atomic mass is 10.1. The number of aromatic amines is 1. The van der Waals surface area contributed by atoms with Crippen molar-refractivity contribution in [3.05, 3.63) is 28.5 Å². The van der Waals surface area contributed by atoms with Gasteiger partial charge >= 0.3 is 0 Å². The lowest BCUT2D eigenvalue weighted by Crippen LogP contribution is -2.32. The lowest BCUT2D eigenvalue weighted by molar-refractivity contribution is 0.221.